The minimum absolute atomic E-state index is 0. The molecule has 2 aromatic rings. The summed E-state index contributed by atoms with van der Waals surface area (Å²) in [6.45, 7) is 0.601. The second kappa shape index (κ2) is 9.54. The van der Waals surface area contributed by atoms with E-state index >= 15 is 0 Å². The minimum Gasteiger partial charge on any atom is -0.337 e. The smallest absolute Gasteiger partial charge is 0.337 e. The van der Waals surface area contributed by atoms with E-state index in [0.717, 1.165) is 11.6 Å². The molecule has 8 heteroatoms. The number of benzene rings is 2. The molecule has 0 bridgehead atoms. The zero-order valence-electron chi connectivity index (χ0n) is 13.8. The number of hydrogen-bond acceptors (Lipinski definition) is 2. The predicted octanol–water partition coefficient (Wildman–Crippen LogP) is 3.91. The highest BCUT2D eigenvalue weighted by atomic mass is 35.5. The number of nitrogens with zero attached hydrogens (tertiary/aromatic N) is 1. The number of hydrogen-bond donors (Lipinski definition) is 1. The molecule has 2 rings (SSSR count). The first-order valence-corrected chi connectivity index (χ1v) is 7.72. The summed E-state index contributed by atoms with van der Waals surface area (Å²) in [5.74, 6) is -1.78. The molecule has 0 unspecified atom stereocenters. The highest BCUT2D eigenvalue weighted by Gasteiger charge is 2.32. The number of carbonyl (C=O) groups is 1. The van der Waals surface area contributed by atoms with Crippen molar-refractivity contribution in [1.82, 2.24) is 4.90 Å². The molecule has 0 aromatic heterocycles. The number of nitrogens with two attached hydrogens (primary N) is 1. The van der Waals surface area contributed by atoms with Gasteiger partial charge in [-0.05, 0) is 30.2 Å². The highest BCUT2D eigenvalue weighted by Crippen LogP contribution is 2.30. The van der Waals surface area contributed by atoms with Crippen LogP contribution in [0.3, 0.4) is 0 Å². The molecule has 0 radical (unpaired) electrons. The van der Waals surface area contributed by atoms with Crippen molar-refractivity contribution in [2.45, 2.75) is 12.6 Å². The van der Waals surface area contributed by atoms with Gasteiger partial charge in [-0.2, -0.15) is 13.2 Å². The fourth-order valence-electron chi connectivity index (χ4n) is 2.44. The van der Waals surface area contributed by atoms with E-state index in [1.54, 1.807) is 0 Å². The molecule has 0 spiro atoms. The lowest BCUT2D eigenvalue weighted by atomic mass is 10.1. The zero-order chi connectivity index (χ0) is 18.4. The average molecular weight is 391 g/mol. The van der Waals surface area contributed by atoms with Crippen LogP contribution in [0.1, 0.15) is 21.5 Å². The maximum Gasteiger partial charge on any atom is 0.416 e. The van der Waals surface area contributed by atoms with Crippen LogP contribution in [0.15, 0.2) is 48.5 Å². The van der Waals surface area contributed by atoms with E-state index in [-0.39, 0.29) is 37.6 Å². The van der Waals surface area contributed by atoms with Gasteiger partial charge in [0, 0.05) is 25.2 Å². The van der Waals surface area contributed by atoms with Crippen LogP contribution >= 0.6 is 12.4 Å². The van der Waals surface area contributed by atoms with Crippen LogP contribution < -0.4 is 5.73 Å². The van der Waals surface area contributed by atoms with E-state index in [0.29, 0.717) is 18.6 Å². The first kappa shape index (κ1) is 21.9. The van der Waals surface area contributed by atoms with Crippen molar-refractivity contribution < 1.29 is 22.4 Å². The van der Waals surface area contributed by atoms with Crippen molar-refractivity contribution >= 4 is 18.3 Å². The molecule has 0 aliphatic rings. The Morgan fingerprint density at radius 1 is 1.04 bits per heavy atom. The van der Waals surface area contributed by atoms with E-state index in [1.807, 2.05) is 30.3 Å². The van der Waals surface area contributed by atoms with E-state index < -0.39 is 23.5 Å². The zero-order valence-corrected chi connectivity index (χ0v) is 14.6. The van der Waals surface area contributed by atoms with Gasteiger partial charge in [0.25, 0.3) is 5.91 Å². The standard InChI is InChI=1S/C18H18F4N2O.ClH/c19-16-11-14(10-15(12-16)18(20,21)22)17(25)24(9-7-23)8-6-13-4-2-1-3-5-13;/h1-5,10-12H,6-9,23H2;1H. The molecule has 0 atom stereocenters. The van der Waals surface area contributed by atoms with Crippen LogP contribution in [0.2, 0.25) is 0 Å². The molecule has 0 aliphatic heterocycles. The minimum atomic E-state index is -4.72. The van der Waals surface area contributed by atoms with E-state index in [2.05, 4.69) is 0 Å². The lowest BCUT2D eigenvalue weighted by Gasteiger charge is -2.22. The van der Waals surface area contributed by atoms with Crippen LogP contribution in [0, 0.1) is 5.82 Å². The largest absolute Gasteiger partial charge is 0.416 e. The Labute approximate surface area is 155 Å². The fraction of sp³-hybridized carbons (Fsp3) is 0.278. The summed E-state index contributed by atoms with van der Waals surface area (Å²) in [7, 11) is 0. The summed E-state index contributed by atoms with van der Waals surface area (Å²) in [5, 5.41) is 0. The second-order valence-electron chi connectivity index (χ2n) is 5.54. The summed E-state index contributed by atoms with van der Waals surface area (Å²) in [6, 6.07) is 11.2. The lowest BCUT2D eigenvalue weighted by Crippen LogP contribution is -2.37. The van der Waals surface area contributed by atoms with E-state index in [9.17, 15) is 22.4 Å². The third-order valence-corrected chi connectivity index (χ3v) is 3.67. The molecular weight excluding hydrogens is 372 g/mol. The Balaban J connectivity index is 0.00000338. The lowest BCUT2D eigenvalue weighted by molar-refractivity contribution is -0.137. The first-order chi connectivity index (χ1) is 11.8. The number of alkyl halides is 3. The highest BCUT2D eigenvalue weighted by molar-refractivity contribution is 5.94. The SMILES string of the molecule is Cl.NCCN(CCc1ccccc1)C(=O)c1cc(F)cc(C(F)(F)F)c1. The van der Waals surface area contributed by atoms with Gasteiger partial charge in [-0.15, -0.1) is 12.4 Å². The Kier molecular flexibility index (Phi) is 8.05. The second-order valence-corrected chi connectivity index (χ2v) is 5.54. The normalized spacial score (nSPS) is 11.0. The summed E-state index contributed by atoms with van der Waals surface area (Å²) in [6.07, 6.45) is -4.20. The molecule has 0 heterocycles. The van der Waals surface area contributed by atoms with Crippen LogP contribution in [0.25, 0.3) is 0 Å². The monoisotopic (exact) mass is 390 g/mol. The van der Waals surface area contributed by atoms with Crippen LogP contribution in [-0.2, 0) is 12.6 Å². The molecular formula is C18H19ClF4N2O. The third kappa shape index (κ3) is 6.00. The molecule has 0 fully saturated rings. The maximum absolute atomic E-state index is 13.5. The molecule has 2 aromatic carbocycles. The van der Waals surface area contributed by atoms with Crippen molar-refractivity contribution in [3.63, 3.8) is 0 Å². The van der Waals surface area contributed by atoms with Crippen LogP contribution in [0.5, 0.6) is 0 Å². The Morgan fingerprint density at radius 2 is 1.69 bits per heavy atom. The van der Waals surface area contributed by atoms with Gasteiger partial charge in [0.1, 0.15) is 5.82 Å². The molecule has 2 N–H and O–H groups in total. The quantitative estimate of drug-likeness (QED) is 0.760. The summed E-state index contributed by atoms with van der Waals surface area (Å²) >= 11 is 0. The van der Waals surface area contributed by atoms with Crippen molar-refractivity contribution in [2.75, 3.05) is 19.6 Å². The van der Waals surface area contributed by atoms with Gasteiger partial charge in [-0.3, -0.25) is 4.79 Å². The third-order valence-electron chi connectivity index (χ3n) is 3.67. The fourth-order valence-corrected chi connectivity index (χ4v) is 2.44. The number of halogens is 5. The maximum atomic E-state index is 13.5. The summed E-state index contributed by atoms with van der Waals surface area (Å²) in [4.78, 5) is 13.9. The van der Waals surface area contributed by atoms with Gasteiger partial charge in [0.2, 0.25) is 0 Å². The Bertz CT molecular complexity index is 723. The summed E-state index contributed by atoms with van der Waals surface area (Å²) in [5.41, 5.74) is 4.95. The van der Waals surface area contributed by atoms with E-state index in [4.69, 9.17) is 5.73 Å². The van der Waals surface area contributed by atoms with Crippen molar-refractivity contribution in [1.29, 1.82) is 0 Å². The molecule has 0 aliphatic carbocycles. The van der Waals surface area contributed by atoms with Gasteiger partial charge in [-0.1, -0.05) is 30.3 Å². The molecule has 3 nitrogen and oxygen atoms in total. The number of amides is 1. The Hall–Kier alpha value is -2.12. The van der Waals surface area contributed by atoms with Gasteiger partial charge in [0.15, 0.2) is 0 Å². The molecule has 0 saturated heterocycles. The van der Waals surface area contributed by atoms with Gasteiger partial charge in [-0.25, -0.2) is 4.39 Å². The van der Waals surface area contributed by atoms with Crippen molar-refractivity contribution in [3.05, 3.63) is 71.0 Å². The van der Waals surface area contributed by atoms with E-state index in [1.165, 1.54) is 4.90 Å². The summed E-state index contributed by atoms with van der Waals surface area (Å²) < 4.78 is 52.0. The Morgan fingerprint density at radius 3 is 2.27 bits per heavy atom. The van der Waals surface area contributed by atoms with Gasteiger partial charge >= 0.3 is 6.18 Å². The van der Waals surface area contributed by atoms with Gasteiger partial charge in [0.05, 0.1) is 5.56 Å². The molecule has 1 amide bonds. The number of carbonyl (C=O) groups excluding carboxylic acids is 1. The first-order valence-electron chi connectivity index (χ1n) is 7.72. The molecule has 26 heavy (non-hydrogen) atoms. The number of rotatable bonds is 6. The van der Waals surface area contributed by atoms with Gasteiger partial charge < -0.3 is 10.6 Å². The van der Waals surface area contributed by atoms with Crippen LogP contribution in [-0.4, -0.2) is 30.4 Å². The molecule has 142 valence electrons. The molecule has 0 saturated carbocycles. The van der Waals surface area contributed by atoms with Crippen molar-refractivity contribution in [2.24, 2.45) is 5.73 Å². The van der Waals surface area contributed by atoms with Crippen LogP contribution in [0.4, 0.5) is 17.6 Å². The predicted molar refractivity (Wildman–Crippen MR) is 93.8 cm³/mol. The average Bonchev–Trinajstić information content (AvgIpc) is 2.57. The topological polar surface area (TPSA) is 46.3 Å². The van der Waals surface area contributed by atoms with Crippen molar-refractivity contribution in [3.8, 4) is 0 Å².